The van der Waals surface area contributed by atoms with Crippen LogP contribution in [-0.4, -0.2) is 42.5 Å². The van der Waals surface area contributed by atoms with E-state index in [-0.39, 0.29) is 17.4 Å². The fourth-order valence-corrected chi connectivity index (χ4v) is 1.40. The number of nitrogens with one attached hydrogen (secondary N) is 1. The Morgan fingerprint density at radius 2 is 2.00 bits per heavy atom. The summed E-state index contributed by atoms with van der Waals surface area (Å²) in [4.78, 5) is 24.5. The number of nitrogens with zero attached hydrogens (tertiary/aromatic N) is 1. The third-order valence-corrected chi connectivity index (χ3v) is 2.04. The Balaban J connectivity index is 2.67. The normalized spacial score (nSPS) is 16.8. The highest BCUT2D eigenvalue weighted by Crippen LogP contribution is 2.13. The van der Waals surface area contributed by atoms with Gasteiger partial charge in [-0.05, 0) is 20.8 Å². The SMILES string of the molecule is COCCN1C(=O)C=C(NC(C)(C)C)C1=O. The number of hydrogen-bond acceptors (Lipinski definition) is 4. The van der Waals surface area contributed by atoms with E-state index in [0.717, 1.165) is 0 Å². The van der Waals surface area contributed by atoms with Crippen molar-refractivity contribution in [3.8, 4) is 0 Å². The number of carbonyl (C=O) groups is 2. The number of carbonyl (C=O) groups excluding carboxylic acids is 2. The van der Waals surface area contributed by atoms with E-state index in [1.165, 1.54) is 18.1 Å². The molecule has 0 radical (unpaired) electrons. The fourth-order valence-electron chi connectivity index (χ4n) is 1.40. The molecule has 0 fully saturated rings. The van der Waals surface area contributed by atoms with Crippen molar-refractivity contribution in [3.63, 3.8) is 0 Å². The molecule has 5 heteroatoms. The van der Waals surface area contributed by atoms with Gasteiger partial charge >= 0.3 is 0 Å². The topological polar surface area (TPSA) is 58.6 Å². The fraction of sp³-hybridized carbons (Fsp3) is 0.636. The minimum atomic E-state index is -0.284. The van der Waals surface area contributed by atoms with E-state index >= 15 is 0 Å². The van der Waals surface area contributed by atoms with Gasteiger partial charge in [0.25, 0.3) is 11.8 Å². The van der Waals surface area contributed by atoms with Gasteiger partial charge in [0.1, 0.15) is 5.70 Å². The zero-order chi connectivity index (χ0) is 12.3. The molecule has 0 aliphatic carbocycles. The zero-order valence-corrected chi connectivity index (χ0v) is 10.2. The average Bonchev–Trinajstić information content (AvgIpc) is 2.37. The summed E-state index contributed by atoms with van der Waals surface area (Å²) >= 11 is 0. The molecule has 0 bridgehead atoms. The first-order valence-electron chi connectivity index (χ1n) is 5.20. The maximum atomic E-state index is 11.8. The van der Waals surface area contributed by atoms with Crippen LogP contribution in [0, 0.1) is 0 Å². The van der Waals surface area contributed by atoms with Crippen molar-refractivity contribution >= 4 is 11.8 Å². The highest BCUT2D eigenvalue weighted by molar-refractivity contribution is 6.15. The zero-order valence-electron chi connectivity index (χ0n) is 10.2. The second-order valence-corrected chi connectivity index (χ2v) is 4.72. The minimum Gasteiger partial charge on any atom is -0.383 e. The third kappa shape index (κ3) is 3.06. The number of ether oxygens (including phenoxy) is 1. The molecule has 0 spiro atoms. The Bertz CT molecular complexity index is 329. The summed E-state index contributed by atoms with van der Waals surface area (Å²) in [5.41, 5.74) is 0.118. The first kappa shape index (κ1) is 12.7. The molecular weight excluding hydrogens is 208 g/mol. The Kier molecular flexibility index (Phi) is 3.70. The summed E-state index contributed by atoms with van der Waals surface area (Å²) in [6.45, 7) is 6.45. The second kappa shape index (κ2) is 4.65. The molecule has 16 heavy (non-hydrogen) atoms. The lowest BCUT2D eigenvalue weighted by Crippen LogP contribution is -2.41. The van der Waals surface area contributed by atoms with E-state index < -0.39 is 0 Å². The van der Waals surface area contributed by atoms with Gasteiger partial charge in [-0.1, -0.05) is 0 Å². The van der Waals surface area contributed by atoms with Gasteiger partial charge in [0, 0.05) is 18.7 Å². The van der Waals surface area contributed by atoms with Crippen LogP contribution >= 0.6 is 0 Å². The average molecular weight is 226 g/mol. The Morgan fingerprint density at radius 1 is 1.38 bits per heavy atom. The molecule has 1 heterocycles. The molecule has 90 valence electrons. The molecule has 5 nitrogen and oxygen atoms in total. The van der Waals surface area contributed by atoms with Crippen molar-refractivity contribution in [1.82, 2.24) is 10.2 Å². The molecule has 0 saturated heterocycles. The van der Waals surface area contributed by atoms with Gasteiger partial charge in [0.05, 0.1) is 13.2 Å². The molecule has 0 atom stereocenters. The molecule has 1 rings (SSSR count). The van der Waals surface area contributed by atoms with Gasteiger partial charge in [0.15, 0.2) is 0 Å². The molecule has 1 N–H and O–H groups in total. The van der Waals surface area contributed by atoms with Gasteiger partial charge in [-0.25, -0.2) is 0 Å². The Labute approximate surface area is 95.4 Å². The molecule has 0 aromatic heterocycles. The first-order valence-corrected chi connectivity index (χ1v) is 5.20. The standard InChI is InChI=1S/C11H18N2O3/c1-11(2,3)12-8-7-9(14)13(10(8)15)5-6-16-4/h7,12H,5-6H2,1-4H3. The molecule has 0 aromatic carbocycles. The molecule has 1 aliphatic heterocycles. The van der Waals surface area contributed by atoms with Crippen LogP contribution in [0.1, 0.15) is 20.8 Å². The van der Waals surface area contributed by atoms with Gasteiger partial charge in [-0.15, -0.1) is 0 Å². The maximum absolute atomic E-state index is 11.8. The predicted molar refractivity (Wildman–Crippen MR) is 59.6 cm³/mol. The summed E-state index contributed by atoms with van der Waals surface area (Å²) < 4.78 is 4.85. The molecule has 0 unspecified atom stereocenters. The van der Waals surface area contributed by atoms with Crippen LogP contribution in [0.3, 0.4) is 0 Å². The van der Waals surface area contributed by atoms with E-state index in [4.69, 9.17) is 4.74 Å². The largest absolute Gasteiger partial charge is 0.383 e. The van der Waals surface area contributed by atoms with Crippen molar-refractivity contribution in [2.45, 2.75) is 26.3 Å². The van der Waals surface area contributed by atoms with Crippen molar-refractivity contribution in [3.05, 3.63) is 11.8 Å². The van der Waals surface area contributed by atoms with Gasteiger partial charge in [0.2, 0.25) is 0 Å². The number of methoxy groups -OCH3 is 1. The lowest BCUT2D eigenvalue weighted by Gasteiger charge is -2.22. The lowest BCUT2D eigenvalue weighted by molar-refractivity contribution is -0.138. The maximum Gasteiger partial charge on any atom is 0.277 e. The van der Waals surface area contributed by atoms with E-state index in [1.807, 2.05) is 20.8 Å². The summed E-state index contributed by atoms with van der Waals surface area (Å²) in [7, 11) is 1.53. The highest BCUT2D eigenvalue weighted by atomic mass is 16.5. The Hall–Kier alpha value is -1.36. The molecule has 1 aliphatic rings. The van der Waals surface area contributed by atoms with Crippen LogP contribution in [0.4, 0.5) is 0 Å². The lowest BCUT2D eigenvalue weighted by atomic mass is 10.1. The van der Waals surface area contributed by atoms with Gasteiger partial charge in [-0.3, -0.25) is 14.5 Å². The summed E-state index contributed by atoms with van der Waals surface area (Å²) in [6, 6.07) is 0. The van der Waals surface area contributed by atoms with Crippen molar-refractivity contribution in [2.24, 2.45) is 0 Å². The molecule has 0 aromatic rings. The van der Waals surface area contributed by atoms with Crippen LogP contribution < -0.4 is 5.32 Å². The van der Waals surface area contributed by atoms with E-state index in [2.05, 4.69) is 5.32 Å². The van der Waals surface area contributed by atoms with Crippen LogP contribution in [0.2, 0.25) is 0 Å². The van der Waals surface area contributed by atoms with E-state index in [9.17, 15) is 9.59 Å². The van der Waals surface area contributed by atoms with Gasteiger partial charge in [-0.2, -0.15) is 0 Å². The second-order valence-electron chi connectivity index (χ2n) is 4.72. The first-order chi connectivity index (χ1) is 7.35. The smallest absolute Gasteiger partial charge is 0.277 e. The summed E-state index contributed by atoms with van der Waals surface area (Å²) in [5.74, 6) is -0.564. The number of hydrogen-bond donors (Lipinski definition) is 1. The summed E-state index contributed by atoms with van der Waals surface area (Å²) in [5, 5.41) is 3.01. The quantitative estimate of drug-likeness (QED) is 0.699. The van der Waals surface area contributed by atoms with Crippen molar-refractivity contribution < 1.29 is 14.3 Å². The van der Waals surface area contributed by atoms with Crippen molar-refractivity contribution in [1.29, 1.82) is 0 Å². The van der Waals surface area contributed by atoms with Gasteiger partial charge < -0.3 is 10.1 Å². The highest BCUT2D eigenvalue weighted by Gasteiger charge is 2.32. The third-order valence-electron chi connectivity index (χ3n) is 2.04. The van der Waals surface area contributed by atoms with Crippen LogP contribution in [-0.2, 0) is 14.3 Å². The van der Waals surface area contributed by atoms with E-state index in [0.29, 0.717) is 18.8 Å². The Morgan fingerprint density at radius 3 is 2.50 bits per heavy atom. The number of imide groups is 1. The van der Waals surface area contributed by atoms with E-state index in [1.54, 1.807) is 0 Å². The van der Waals surface area contributed by atoms with Crippen LogP contribution in [0.25, 0.3) is 0 Å². The molecular formula is C11H18N2O3. The molecule has 2 amide bonds. The minimum absolute atomic E-state index is 0.237. The van der Waals surface area contributed by atoms with Crippen LogP contribution in [0.5, 0.6) is 0 Å². The monoisotopic (exact) mass is 226 g/mol. The number of amides is 2. The van der Waals surface area contributed by atoms with Crippen molar-refractivity contribution in [2.75, 3.05) is 20.3 Å². The number of rotatable bonds is 4. The van der Waals surface area contributed by atoms with Crippen LogP contribution in [0.15, 0.2) is 11.8 Å². The molecule has 0 saturated carbocycles. The summed E-state index contributed by atoms with van der Waals surface area (Å²) in [6.07, 6.45) is 1.34. The predicted octanol–water partition coefficient (Wildman–Crippen LogP) is 0.274.